The maximum atomic E-state index is 11.4. The first-order chi connectivity index (χ1) is 7.95. The van der Waals surface area contributed by atoms with Crippen molar-refractivity contribution in [1.29, 1.82) is 0 Å². The molecule has 0 aliphatic carbocycles. The van der Waals surface area contributed by atoms with Crippen LogP contribution in [0.4, 0.5) is 0 Å². The van der Waals surface area contributed by atoms with Crippen molar-refractivity contribution in [2.75, 3.05) is 0 Å². The van der Waals surface area contributed by atoms with Gasteiger partial charge in [0.25, 0.3) is 0 Å². The van der Waals surface area contributed by atoms with Crippen LogP contribution in [0, 0.1) is 5.41 Å². The highest BCUT2D eigenvalue weighted by Crippen LogP contribution is 2.33. The van der Waals surface area contributed by atoms with Crippen LogP contribution >= 0.6 is 23.2 Å². The number of carbonyl (C=O) groups is 1. The van der Waals surface area contributed by atoms with Crippen molar-refractivity contribution in [3.8, 4) is 0 Å². The Hall–Kier alpha value is -0.730. The minimum atomic E-state index is -0.756. The lowest BCUT2D eigenvalue weighted by atomic mass is 9.77. The van der Waals surface area contributed by atoms with Gasteiger partial charge >= 0.3 is 5.97 Å². The van der Waals surface area contributed by atoms with Crippen molar-refractivity contribution < 1.29 is 9.90 Å². The fourth-order valence-corrected chi connectivity index (χ4v) is 2.24. The van der Waals surface area contributed by atoms with Gasteiger partial charge < -0.3 is 5.11 Å². The van der Waals surface area contributed by atoms with Gasteiger partial charge in [0, 0.05) is 0 Å². The SMILES string of the molecule is CCC(CC)(Cc1ccc(Cl)c(Cl)c1)C(=O)O. The molecule has 2 nitrogen and oxygen atoms in total. The third kappa shape index (κ3) is 3.14. The molecule has 0 saturated heterocycles. The molecule has 1 aromatic rings. The fourth-order valence-electron chi connectivity index (χ4n) is 1.92. The van der Waals surface area contributed by atoms with Crippen LogP contribution in [-0.4, -0.2) is 11.1 Å². The molecule has 0 atom stereocenters. The van der Waals surface area contributed by atoms with E-state index in [1.165, 1.54) is 0 Å². The highest BCUT2D eigenvalue weighted by molar-refractivity contribution is 6.42. The number of carboxylic acid groups (broad SMARTS) is 1. The van der Waals surface area contributed by atoms with E-state index in [0.717, 1.165) is 5.56 Å². The predicted octanol–water partition coefficient (Wildman–Crippen LogP) is 4.43. The molecule has 0 saturated carbocycles. The van der Waals surface area contributed by atoms with E-state index in [1.54, 1.807) is 12.1 Å². The molecule has 0 heterocycles. The Morgan fingerprint density at radius 1 is 1.24 bits per heavy atom. The number of carboxylic acids is 1. The van der Waals surface area contributed by atoms with Crippen LogP contribution in [0.5, 0.6) is 0 Å². The van der Waals surface area contributed by atoms with E-state index in [2.05, 4.69) is 0 Å². The number of rotatable bonds is 5. The molecule has 94 valence electrons. The highest BCUT2D eigenvalue weighted by Gasteiger charge is 2.34. The molecule has 1 N–H and O–H groups in total. The Labute approximate surface area is 112 Å². The van der Waals surface area contributed by atoms with E-state index in [-0.39, 0.29) is 0 Å². The normalized spacial score (nSPS) is 11.5. The second-order valence-corrected chi connectivity index (χ2v) is 5.03. The molecule has 0 bridgehead atoms. The van der Waals surface area contributed by atoms with Crippen molar-refractivity contribution in [1.82, 2.24) is 0 Å². The molecule has 0 fully saturated rings. The average molecular weight is 275 g/mol. The number of halogens is 2. The minimum absolute atomic E-state index is 0.468. The third-order valence-corrected chi connectivity index (χ3v) is 4.07. The summed E-state index contributed by atoms with van der Waals surface area (Å²) in [6.07, 6.45) is 1.67. The molecule has 0 aromatic heterocycles. The summed E-state index contributed by atoms with van der Waals surface area (Å²) in [5.41, 5.74) is 0.197. The number of benzene rings is 1. The van der Waals surface area contributed by atoms with Crippen molar-refractivity contribution in [3.63, 3.8) is 0 Å². The van der Waals surface area contributed by atoms with Gasteiger partial charge in [-0.25, -0.2) is 0 Å². The Morgan fingerprint density at radius 2 is 1.82 bits per heavy atom. The first-order valence-corrected chi connectivity index (χ1v) is 6.38. The lowest BCUT2D eigenvalue weighted by Gasteiger charge is -2.26. The molecule has 4 heteroatoms. The quantitative estimate of drug-likeness (QED) is 0.863. The van der Waals surface area contributed by atoms with Crippen molar-refractivity contribution in [3.05, 3.63) is 33.8 Å². The summed E-state index contributed by atoms with van der Waals surface area (Å²) >= 11 is 11.8. The van der Waals surface area contributed by atoms with E-state index < -0.39 is 11.4 Å². The first-order valence-electron chi connectivity index (χ1n) is 5.62. The zero-order valence-corrected chi connectivity index (χ0v) is 11.5. The fraction of sp³-hybridized carbons (Fsp3) is 0.462. The van der Waals surface area contributed by atoms with Crippen LogP contribution in [-0.2, 0) is 11.2 Å². The molecular weight excluding hydrogens is 259 g/mol. The van der Waals surface area contributed by atoms with Crippen LogP contribution in [0.15, 0.2) is 18.2 Å². The van der Waals surface area contributed by atoms with Crippen LogP contribution in [0.25, 0.3) is 0 Å². The summed E-state index contributed by atoms with van der Waals surface area (Å²) in [5, 5.41) is 10.3. The molecule has 0 spiro atoms. The largest absolute Gasteiger partial charge is 0.481 e. The zero-order valence-electron chi connectivity index (χ0n) is 9.96. The summed E-state index contributed by atoms with van der Waals surface area (Å²) in [4.78, 5) is 11.4. The molecular formula is C13H16Cl2O2. The van der Waals surface area contributed by atoms with Crippen molar-refractivity contribution in [2.24, 2.45) is 5.41 Å². The lowest BCUT2D eigenvalue weighted by Crippen LogP contribution is -2.32. The number of hydrogen-bond acceptors (Lipinski definition) is 1. The Morgan fingerprint density at radius 3 is 2.24 bits per heavy atom. The Bertz CT molecular complexity index is 412. The van der Waals surface area contributed by atoms with Crippen LogP contribution in [0.1, 0.15) is 32.3 Å². The summed E-state index contributed by atoms with van der Waals surface area (Å²) < 4.78 is 0. The van der Waals surface area contributed by atoms with E-state index in [1.807, 2.05) is 19.9 Å². The van der Waals surface area contributed by atoms with Crippen LogP contribution < -0.4 is 0 Å². The van der Waals surface area contributed by atoms with Gasteiger partial charge in [0.15, 0.2) is 0 Å². The zero-order chi connectivity index (χ0) is 13.1. The van der Waals surface area contributed by atoms with E-state index in [4.69, 9.17) is 23.2 Å². The number of hydrogen-bond donors (Lipinski definition) is 1. The Balaban J connectivity index is 3.01. The molecule has 0 aliphatic heterocycles. The molecule has 0 unspecified atom stereocenters. The predicted molar refractivity (Wildman–Crippen MR) is 70.8 cm³/mol. The second kappa shape index (κ2) is 5.74. The maximum Gasteiger partial charge on any atom is 0.309 e. The lowest BCUT2D eigenvalue weighted by molar-refractivity contribution is -0.149. The van der Waals surface area contributed by atoms with Gasteiger partial charge in [0.05, 0.1) is 15.5 Å². The van der Waals surface area contributed by atoms with Crippen LogP contribution in [0.3, 0.4) is 0 Å². The third-order valence-electron chi connectivity index (χ3n) is 3.33. The summed E-state index contributed by atoms with van der Waals surface area (Å²) in [5.74, 6) is -0.756. The van der Waals surface area contributed by atoms with Crippen molar-refractivity contribution >= 4 is 29.2 Å². The molecule has 17 heavy (non-hydrogen) atoms. The smallest absolute Gasteiger partial charge is 0.309 e. The van der Waals surface area contributed by atoms with Gasteiger partial charge in [0.1, 0.15) is 0 Å². The summed E-state index contributed by atoms with van der Waals surface area (Å²) in [6.45, 7) is 3.80. The van der Waals surface area contributed by atoms with Gasteiger partial charge in [-0.15, -0.1) is 0 Å². The van der Waals surface area contributed by atoms with E-state index in [0.29, 0.717) is 29.3 Å². The second-order valence-electron chi connectivity index (χ2n) is 4.22. The first kappa shape index (κ1) is 14.3. The standard InChI is InChI=1S/C13H16Cl2O2/c1-3-13(4-2,12(16)17)8-9-5-6-10(14)11(15)7-9/h5-7H,3-4,8H2,1-2H3,(H,16,17). The Kier molecular flexibility index (Phi) is 4.84. The van der Waals surface area contributed by atoms with Crippen molar-refractivity contribution in [2.45, 2.75) is 33.1 Å². The maximum absolute atomic E-state index is 11.4. The minimum Gasteiger partial charge on any atom is -0.481 e. The number of aliphatic carboxylic acids is 1. The van der Waals surface area contributed by atoms with Gasteiger partial charge in [-0.05, 0) is 37.0 Å². The molecule has 0 radical (unpaired) electrons. The van der Waals surface area contributed by atoms with Gasteiger partial charge in [-0.3, -0.25) is 4.79 Å². The summed E-state index contributed by atoms with van der Waals surface area (Å²) in [6, 6.07) is 5.28. The highest BCUT2D eigenvalue weighted by atomic mass is 35.5. The molecule has 1 rings (SSSR count). The topological polar surface area (TPSA) is 37.3 Å². The van der Waals surface area contributed by atoms with E-state index >= 15 is 0 Å². The monoisotopic (exact) mass is 274 g/mol. The van der Waals surface area contributed by atoms with Gasteiger partial charge in [0.2, 0.25) is 0 Å². The molecule has 0 amide bonds. The van der Waals surface area contributed by atoms with Gasteiger partial charge in [-0.1, -0.05) is 43.1 Å². The summed E-state index contributed by atoms with van der Waals surface area (Å²) in [7, 11) is 0. The molecule has 0 aliphatic rings. The van der Waals surface area contributed by atoms with Gasteiger partial charge in [-0.2, -0.15) is 0 Å². The average Bonchev–Trinajstić information content (AvgIpc) is 2.30. The van der Waals surface area contributed by atoms with Crippen LogP contribution in [0.2, 0.25) is 10.0 Å². The van der Waals surface area contributed by atoms with E-state index in [9.17, 15) is 9.90 Å². The molecule has 1 aromatic carbocycles.